The van der Waals surface area contributed by atoms with Gasteiger partial charge in [-0.1, -0.05) is 48.5 Å². The van der Waals surface area contributed by atoms with E-state index in [1.807, 2.05) is 30.3 Å². The SMILES string of the molecule is N[C@H](CC(F)(F)F)c1ccccc1OCc1ccccc1. The molecule has 0 radical (unpaired) electrons. The van der Waals surface area contributed by atoms with E-state index in [0.29, 0.717) is 11.3 Å². The number of para-hydroxylation sites is 1. The average Bonchev–Trinajstić information content (AvgIpc) is 2.45. The molecule has 1 atom stereocenters. The van der Waals surface area contributed by atoms with Gasteiger partial charge >= 0.3 is 6.18 Å². The van der Waals surface area contributed by atoms with Gasteiger partial charge in [0.05, 0.1) is 6.42 Å². The van der Waals surface area contributed by atoms with Gasteiger partial charge in [0.1, 0.15) is 12.4 Å². The molecule has 5 heteroatoms. The van der Waals surface area contributed by atoms with Gasteiger partial charge in [0.2, 0.25) is 0 Å². The van der Waals surface area contributed by atoms with E-state index in [1.165, 1.54) is 0 Å². The molecule has 2 rings (SSSR count). The highest BCUT2D eigenvalue weighted by atomic mass is 19.4. The van der Waals surface area contributed by atoms with Gasteiger partial charge in [-0.25, -0.2) is 0 Å². The minimum Gasteiger partial charge on any atom is -0.489 e. The molecule has 0 amide bonds. The zero-order valence-corrected chi connectivity index (χ0v) is 11.3. The first kappa shape index (κ1) is 15.4. The Morgan fingerprint density at radius 3 is 2.24 bits per heavy atom. The van der Waals surface area contributed by atoms with Crippen LogP contribution >= 0.6 is 0 Å². The summed E-state index contributed by atoms with van der Waals surface area (Å²) in [5.41, 5.74) is 6.96. The van der Waals surface area contributed by atoms with Crippen molar-refractivity contribution >= 4 is 0 Å². The lowest BCUT2D eigenvalue weighted by Gasteiger charge is -2.18. The lowest BCUT2D eigenvalue weighted by Crippen LogP contribution is -2.20. The molecule has 0 aliphatic heterocycles. The largest absolute Gasteiger partial charge is 0.489 e. The molecule has 0 heterocycles. The Morgan fingerprint density at radius 2 is 1.57 bits per heavy atom. The van der Waals surface area contributed by atoms with Gasteiger partial charge in [0, 0.05) is 11.6 Å². The van der Waals surface area contributed by atoms with Gasteiger partial charge in [-0.3, -0.25) is 0 Å². The van der Waals surface area contributed by atoms with Crippen molar-refractivity contribution in [2.75, 3.05) is 0 Å². The Balaban J connectivity index is 2.10. The van der Waals surface area contributed by atoms with Crippen LogP contribution < -0.4 is 10.5 Å². The first-order valence-corrected chi connectivity index (χ1v) is 6.54. The second kappa shape index (κ2) is 6.63. The molecular weight excluding hydrogens is 279 g/mol. The number of halogens is 3. The summed E-state index contributed by atoms with van der Waals surface area (Å²) in [6.45, 7) is 0.288. The van der Waals surface area contributed by atoms with Crippen LogP contribution in [0.4, 0.5) is 13.2 Å². The van der Waals surface area contributed by atoms with Crippen LogP contribution in [0.2, 0.25) is 0 Å². The Kier molecular flexibility index (Phi) is 4.85. The molecule has 0 saturated heterocycles. The van der Waals surface area contributed by atoms with E-state index >= 15 is 0 Å². The fourth-order valence-corrected chi connectivity index (χ4v) is 2.01. The van der Waals surface area contributed by atoms with Gasteiger partial charge in [-0.2, -0.15) is 13.2 Å². The molecule has 112 valence electrons. The quantitative estimate of drug-likeness (QED) is 0.896. The van der Waals surface area contributed by atoms with Gasteiger partial charge in [0.15, 0.2) is 0 Å². The molecule has 21 heavy (non-hydrogen) atoms. The molecule has 0 aliphatic rings. The number of ether oxygens (including phenoxy) is 1. The Bertz CT molecular complexity index is 569. The van der Waals surface area contributed by atoms with Crippen molar-refractivity contribution in [2.45, 2.75) is 25.2 Å². The lowest BCUT2D eigenvalue weighted by molar-refractivity contribution is -0.138. The fourth-order valence-electron chi connectivity index (χ4n) is 2.01. The summed E-state index contributed by atoms with van der Waals surface area (Å²) in [5.74, 6) is 0.387. The summed E-state index contributed by atoms with van der Waals surface area (Å²) < 4.78 is 43.0. The molecule has 2 nitrogen and oxygen atoms in total. The van der Waals surface area contributed by atoms with Crippen LogP contribution in [-0.2, 0) is 6.61 Å². The molecule has 2 aromatic carbocycles. The highest BCUT2D eigenvalue weighted by Gasteiger charge is 2.31. The van der Waals surface area contributed by atoms with Crippen LogP contribution in [0.1, 0.15) is 23.6 Å². The summed E-state index contributed by atoms with van der Waals surface area (Å²) in [6.07, 6.45) is -5.37. The minimum atomic E-state index is -4.30. The summed E-state index contributed by atoms with van der Waals surface area (Å²) in [4.78, 5) is 0. The molecule has 0 aromatic heterocycles. The summed E-state index contributed by atoms with van der Waals surface area (Å²) in [7, 11) is 0. The molecule has 0 spiro atoms. The molecular formula is C16H16F3NO. The van der Waals surface area contributed by atoms with Crippen LogP contribution in [0.5, 0.6) is 5.75 Å². The van der Waals surface area contributed by atoms with Crippen molar-refractivity contribution in [3.63, 3.8) is 0 Å². The number of nitrogens with two attached hydrogens (primary N) is 1. The van der Waals surface area contributed by atoms with E-state index in [-0.39, 0.29) is 6.61 Å². The van der Waals surface area contributed by atoms with Gasteiger partial charge < -0.3 is 10.5 Å². The van der Waals surface area contributed by atoms with E-state index in [4.69, 9.17) is 10.5 Å². The molecule has 0 unspecified atom stereocenters. The molecule has 0 aliphatic carbocycles. The monoisotopic (exact) mass is 295 g/mol. The Morgan fingerprint density at radius 1 is 0.952 bits per heavy atom. The van der Waals surface area contributed by atoms with Crippen molar-refractivity contribution in [3.05, 3.63) is 65.7 Å². The zero-order valence-electron chi connectivity index (χ0n) is 11.3. The van der Waals surface area contributed by atoms with Crippen LogP contribution in [-0.4, -0.2) is 6.18 Å². The van der Waals surface area contributed by atoms with Crippen molar-refractivity contribution in [1.82, 2.24) is 0 Å². The van der Waals surface area contributed by atoms with Crippen molar-refractivity contribution in [1.29, 1.82) is 0 Å². The smallest absolute Gasteiger partial charge is 0.390 e. The van der Waals surface area contributed by atoms with Crippen LogP contribution in [0, 0.1) is 0 Å². The Labute approximate surface area is 121 Å². The van der Waals surface area contributed by atoms with E-state index in [1.54, 1.807) is 24.3 Å². The molecule has 2 aromatic rings. The number of hydrogen-bond acceptors (Lipinski definition) is 2. The van der Waals surface area contributed by atoms with Crippen molar-refractivity contribution in [3.8, 4) is 5.75 Å². The normalized spacial score (nSPS) is 13.0. The second-order valence-corrected chi connectivity index (χ2v) is 4.74. The first-order chi connectivity index (χ1) is 9.96. The third kappa shape index (κ3) is 4.79. The average molecular weight is 295 g/mol. The van der Waals surface area contributed by atoms with E-state index in [0.717, 1.165) is 5.56 Å². The second-order valence-electron chi connectivity index (χ2n) is 4.74. The first-order valence-electron chi connectivity index (χ1n) is 6.54. The minimum absolute atomic E-state index is 0.288. The predicted octanol–water partition coefficient (Wildman–Crippen LogP) is 4.22. The summed E-state index contributed by atoms with van der Waals surface area (Å²) in [6, 6.07) is 14.8. The maximum absolute atomic E-state index is 12.5. The van der Waals surface area contributed by atoms with Crippen molar-refractivity contribution < 1.29 is 17.9 Å². The van der Waals surface area contributed by atoms with E-state index in [9.17, 15) is 13.2 Å². The summed E-state index contributed by atoms with van der Waals surface area (Å²) in [5, 5.41) is 0. The Hall–Kier alpha value is -2.01. The van der Waals surface area contributed by atoms with Gasteiger partial charge in [0.25, 0.3) is 0 Å². The number of alkyl halides is 3. The molecule has 0 saturated carbocycles. The third-order valence-corrected chi connectivity index (χ3v) is 3.01. The number of hydrogen-bond donors (Lipinski definition) is 1. The summed E-state index contributed by atoms with van der Waals surface area (Å²) >= 11 is 0. The highest BCUT2D eigenvalue weighted by molar-refractivity contribution is 5.36. The van der Waals surface area contributed by atoms with Crippen LogP contribution in [0.15, 0.2) is 54.6 Å². The molecule has 0 fully saturated rings. The zero-order chi connectivity index (χ0) is 15.3. The fraction of sp³-hybridized carbons (Fsp3) is 0.250. The number of benzene rings is 2. The number of rotatable bonds is 5. The van der Waals surface area contributed by atoms with E-state index < -0.39 is 18.6 Å². The molecule has 0 bridgehead atoms. The maximum atomic E-state index is 12.5. The third-order valence-electron chi connectivity index (χ3n) is 3.01. The van der Waals surface area contributed by atoms with Crippen LogP contribution in [0.3, 0.4) is 0 Å². The standard InChI is InChI=1S/C16H16F3NO/c17-16(18,19)10-14(20)13-8-4-5-9-15(13)21-11-12-6-2-1-3-7-12/h1-9,14H,10-11,20H2/t14-/m1/s1. The maximum Gasteiger partial charge on any atom is 0.390 e. The molecule has 2 N–H and O–H groups in total. The van der Waals surface area contributed by atoms with E-state index in [2.05, 4.69) is 0 Å². The topological polar surface area (TPSA) is 35.2 Å². The highest BCUT2D eigenvalue weighted by Crippen LogP contribution is 2.32. The lowest BCUT2D eigenvalue weighted by atomic mass is 10.0. The van der Waals surface area contributed by atoms with Crippen molar-refractivity contribution in [2.24, 2.45) is 5.73 Å². The predicted molar refractivity (Wildman–Crippen MR) is 74.8 cm³/mol. The van der Waals surface area contributed by atoms with Gasteiger partial charge in [-0.05, 0) is 11.6 Å². The van der Waals surface area contributed by atoms with Gasteiger partial charge in [-0.15, -0.1) is 0 Å². The van der Waals surface area contributed by atoms with Crippen LogP contribution in [0.25, 0.3) is 0 Å².